The standard InChI is InChI=1S/C21H25NO.ClH/c1-15-14-21(23-13-12-22(2)3)18-10-6-4-8-16(18)20(15)17-9-5-7-11-19(17)21;/h4-11,15,20H,12-14H2,1-3H3;1H. The molecule has 0 saturated carbocycles. The molecule has 0 spiro atoms. The fourth-order valence-electron chi connectivity index (χ4n) is 4.61. The van der Waals surface area contributed by atoms with Crippen LogP contribution in [0.15, 0.2) is 48.5 Å². The molecule has 0 N–H and O–H groups in total. The Balaban J connectivity index is 0.00000169. The van der Waals surface area contributed by atoms with Gasteiger partial charge in [0.15, 0.2) is 0 Å². The molecule has 0 fully saturated rings. The zero-order chi connectivity index (χ0) is 16.0. The van der Waals surface area contributed by atoms with E-state index in [1.165, 1.54) is 22.3 Å². The van der Waals surface area contributed by atoms with Gasteiger partial charge in [0.25, 0.3) is 0 Å². The van der Waals surface area contributed by atoms with Crippen LogP contribution in [-0.2, 0) is 10.3 Å². The van der Waals surface area contributed by atoms with Crippen LogP contribution >= 0.6 is 12.4 Å². The summed E-state index contributed by atoms with van der Waals surface area (Å²) < 4.78 is 6.65. The molecule has 3 aliphatic carbocycles. The molecule has 0 radical (unpaired) electrons. The lowest BCUT2D eigenvalue weighted by molar-refractivity contribution is -0.0552. The van der Waals surface area contributed by atoms with Crippen LogP contribution < -0.4 is 0 Å². The summed E-state index contributed by atoms with van der Waals surface area (Å²) in [7, 11) is 4.20. The predicted molar refractivity (Wildman–Crippen MR) is 101 cm³/mol. The highest BCUT2D eigenvalue weighted by Gasteiger charge is 2.51. The van der Waals surface area contributed by atoms with E-state index in [-0.39, 0.29) is 18.0 Å². The molecule has 2 nitrogen and oxygen atoms in total. The first kappa shape index (κ1) is 17.5. The molecule has 2 bridgehead atoms. The minimum Gasteiger partial charge on any atom is -0.364 e. The quantitative estimate of drug-likeness (QED) is 0.815. The van der Waals surface area contributed by atoms with E-state index in [9.17, 15) is 0 Å². The number of hydrogen-bond acceptors (Lipinski definition) is 2. The summed E-state index contributed by atoms with van der Waals surface area (Å²) in [6.45, 7) is 4.08. The van der Waals surface area contributed by atoms with Crippen molar-refractivity contribution in [1.82, 2.24) is 4.90 Å². The molecule has 5 rings (SSSR count). The molecule has 24 heavy (non-hydrogen) atoms. The average molecular weight is 344 g/mol. The highest BCUT2D eigenvalue weighted by Crippen LogP contribution is 2.58. The van der Waals surface area contributed by atoms with E-state index in [4.69, 9.17) is 4.74 Å². The number of rotatable bonds is 4. The maximum absolute atomic E-state index is 6.65. The summed E-state index contributed by atoms with van der Waals surface area (Å²) in [5.74, 6) is 1.13. The minimum absolute atomic E-state index is 0. The van der Waals surface area contributed by atoms with Crippen LogP contribution in [0.4, 0.5) is 0 Å². The Morgan fingerprint density at radius 3 is 2.08 bits per heavy atom. The molecular weight excluding hydrogens is 318 g/mol. The summed E-state index contributed by atoms with van der Waals surface area (Å²) in [5.41, 5.74) is 5.45. The lowest BCUT2D eigenvalue weighted by Crippen LogP contribution is -2.46. The predicted octanol–water partition coefficient (Wildman–Crippen LogP) is 4.42. The Bertz CT molecular complexity index is 680. The number of benzene rings is 2. The highest BCUT2D eigenvalue weighted by atomic mass is 35.5. The molecule has 0 heterocycles. The molecule has 0 aliphatic heterocycles. The van der Waals surface area contributed by atoms with E-state index in [2.05, 4.69) is 74.4 Å². The number of ether oxygens (including phenoxy) is 1. The van der Waals surface area contributed by atoms with E-state index < -0.39 is 0 Å². The second-order valence-electron chi connectivity index (χ2n) is 7.31. The molecular formula is C21H26ClNO. The number of hydrogen-bond donors (Lipinski definition) is 0. The van der Waals surface area contributed by atoms with Gasteiger partial charge in [-0.05, 0) is 48.7 Å². The fraction of sp³-hybridized carbons (Fsp3) is 0.429. The monoisotopic (exact) mass is 343 g/mol. The maximum atomic E-state index is 6.65. The maximum Gasteiger partial charge on any atom is 0.119 e. The van der Waals surface area contributed by atoms with Crippen LogP contribution in [0.3, 0.4) is 0 Å². The first-order valence-electron chi connectivity index (χ1n) is 8.61. The number of halogens is 1. The van der Waals surface area contributed by atoms with Crippen molar-refractivity contribution in [2.24, 2.45) is 5.92 Å². The number of fused-ring (bicyclic) bond motifs is 1. The van der Waals surface area contributed by atoms with Crippen molar-refractivity contribution in [1.29, 1.82) is 0 Å². The summed E-state index contributed by atoms with van der Waals surface area (Å²) in [6, 6.07) is 17.8. The third-order valence-corrected chi connectivity index (χ3v) is 5.53. The first-order chi connectivity index (χ1) is 11.1. The SMILES string of the molecule is CC1CC2(OCCN(C)C)c3ccccc3C1c1ccccc12.Cl. The molecule has 128 valence electrons. The van der Waals surface area contributed by atoms with Gasteiger partial charge in [-0.3, -0.25) is 0 Å². The van der Waals surface area contributed by atoms with E-state index in [0.717, 1.165) is 19.6 Å². The van der Waals surface area contributed by atoms with Crippen molar-refractivity contribution < 1.29 is 4.74 Å². The molecule has 2 aromatic rings. The highest BCUT2D eigenvalue weighted by molar-refractivity contribution is 5.85. The average Bonchev–Trinajstić information content (AvgIpc) is 2.55. The summed E-state index contributed by atoms with van der Waals surface area (Å²) in [5, 5.41) is 0. The van der Waals surface area contributed by atoms with Crippen molar-refractivity contribution in [2.75, 3.05) is 27.2 Å². The molecule has 0 saturated heterocycles. The van der Waals surface area contributed by atoms with Gasteiger partial charge in [-0.2, -0.15) is 0 Å². The fourth-order valence-corrected chi connectivity index (χ4v) is 4.61. The summed E-state index contributed by atoms with van der Waals surface area (Å²) in [6.07, 6.45) is 1.08. The second kappa shape index (κ2) is 6.51. The number of likely N-dealkylation sites (N-methyl/N-ethyl adjacent to an activating group) is 1. The molecule has 3 heteroatoms. The topological polar surface area (TPSA) is 12.5 Å². The van der Waals surface area contributed by atoms with Crippen LogP contribution in [0.25, 0.3) is 0 Å². The number of nitrogens with zero attached hydrogens (tertiary/aromatic N) is 1. The summed E-state index contributed by atoms with van der Waals surface area (Å²) >= 11 is 0. The Kier molecular flexibility index (Phi) is 4.74. The van der Waals surface area contributed by atoms with E-state index in [0.29, 0.717) is 11.8 Å². The van der Waals surface area contributed by atoms with Crippen molar-refractivity contribution in [2.45, 2.75) is 24.9 Å². The molecule has 3 aliphatic rings. The van der Waals surface area contributed by atoms with Gasteiger partial charge < -0.3 is 9.64 Å². The lowest BCUT2D eigenvalue weighted by atomic mass is 9.57. The Morgan fingerprint density at radius 1 is 1.00 bits per heavy atom. The van der Waals surface area contributed by atoms with Gasteiger partial charge in [-0.1, -0.05) is 55.5 Å². The molecule has 0 aromatic heterocycles. The van der Waals surface area contributed by atoms with Gasteiger partial charge in [0, 0.05) is 12.5 Å². The Labute approximate surface area is 151 Å². The third kappa shape index (κ3) is 2.48. The van der Waals surface area contributed by atoms with Crippen molar-refractivity contribution in [3.05, 3.63) is 70.8 Å². The van der Waals surface area contributed by atoms with Crippen molar-refractivity contribution in [3.8, 4) is 0 Å². The molecule has 2 aromatic carbocycles. The van der Waals surface area contributed by atoms with Gasteiger partial charge in [0.2, 0.25) is 0 Å². The minimum atomic E-state index is -0.267. The van der Waals surface area contributed by atoms with Crippen molar-refractivity contribution >= 4 is 12.4 Å². The van der Waals surface area contributed by atoms with Gasteiger partial charge in [-0.15, -0.1) is 12.4 Å². The van der Waals surface area contributed by atoms with E-state index in [1.807, 2.05) is 0 Å². The van der Waals surface area contributed by atoms with Gasteiger partial charge in [-0.25, -0.2) is 0 Å². The van der Waals surface area contributed by atoms with E-state index >= 15 is 0 Å². The summed E-state index contributed by atoms with van der Waals surface area (Å²) in [4.78, 5) is 2.19. The van der Waals surface area contributed by atoms with Crippen molar-refractivity contribution in [3.63, 3.8) is 0 Å². The van der Waals surface area contributed by atoms with Crippen LogP contribution in [0.5, 0.6) is 0 Å². The normalized spacial score (nSPS) is 26.7. The Morgan fingerprint density at radius 2 is 1.54 bits per heavy atom. The van der Waals surface area contributed by atoms with Gasteiger partial charge in [0.05, 0.1) is 6.61 Å². The molecule has 0 amide bonds. The first-order valence-corrected chi connectivity index (χ1v) is 8.61. The molecule has 1 unspecified atom stereocenters. The van der Waals surface area contributed by atoms with Crippen LogP contribution in [0, 0.1) is 5.92 Å². The van der Waals surface area contributed by atoms with Gasteiger partial charge >= 0.3 is 0 Å². The zero-order valence-electron chi connectivity index (χ0n) is 14.7. The van der Waals surface area contributed by atoms with Crippen LogP contribution in [0.1, 0.15) is 41.5 Å². The van der Waals surface area contributed by atoms with E-state index in [1.54, 1.807) is 0 Å². The largest absolute Gasteiger partial charge is 0.364 e. The smallest absolute Gasteiger partial charge is 0.119 e. The third-order valence-electron chi connectivity index (χ3n) is 5.53. The Hall–Kier alpha value is -1.35. The zero-order valence-corrected chi connectivity index (χ0v) is 15.5. The lowest BCUT2D eigenvalue weighted by Gasteiger charge is -2.52. The van der Waals surface area contributed by atoms with Crippen LogP contribution in [-0.4, -0.2) is 32.1 Å². The van der Waals surface area contributed by atoms with Crippen LogP contribution in [0.2, 0.25) is 0 Å². The van der Waals surface area contributed by atoms with Gasteiger partial charge in [0.1, 0.15) is 5.60 Å². The second-order valence-corrected chi connectivity index (χ2v) is 7.31. The molecule has 1 atom stereocenters.